The number of methoxy groups -OCH3 is 1. The molecule has 0 aliphatic heterocycles. The molecule has 0 radical (unpaired) electrons. The van der Waals surface area contributed by atoms with Gasteiger partial charge in [0.1, 0.15) is 11.6 Å². The summed E-state index contributed by atoms with van der Waals surface area (Å²) in [6, 6.07) is 5.75. The Hall–Kier alpha value is -1.49. The summed E-state index contributed by atoms with van der Waals surface area (Å²) in [5, 5.41) is 6.80. The highest BCUT2D eigenvalue weighted by molar-refractivity contribution is 9.10. The smallest absolute Gasteiger partial charge is 0.145 e. The van der Waals surface area contributed by atoms with E-state index in [0.717, 1.165) is 27.0 Å². The molecule has 0 spiro atoms. The number of H-pyrrole nitrogens is 1. The van der Waals surface area contributed by atoms with E-state index in [2.05, 4.69) is 26.1 Å². The lowest BCUT2D eigenvalue weighted by Crippen LogP contribution is -1.92. The molecule has 84 valence electrons. The van der Waals surface area contributed by atoms with Crippen LogP contribution in [0.15, 0.2) is 22.7 Å². The number of aromatic nitrogens is 2. The summed E-state index contributed by atoms with van der Waals surface area (Å²) in [4.78, 5) is 0. The SMILES string of the molecule is COc1c(C)ccc(Br)c1-c1cc(N)n[nH]1. The van der Waals surface area contributed by atoms with E-state index in [1.807, 2.05) is 19.1 Å². The van der Waals surface area contributed by atoms with Gasteiger partial charge < -0.3 is 10.5 Å². The van der Waals surface area contributed by atoms with Gasteiger partial charge in [0.05, 0.1) is 18.4 Å². The Bertz CT molecular complexity index is 522. The number of anilines is 1. The number of rotatable bonds is 2. The third kappa shape index (κ3) is 1.78. The number of nitrogens with two attached hydrogens (primary N) is 1. The molecule has 1 aromatic heterocycles. The van der Waals surface area contributed by atoms with Gasteiger partial charge in [-0.25, -0.2) is 0 Å². The largest absolute Gasteiger partial charge is 0.496 e. The standard InChI is InChI=1S/C11H12BrN3O/c1-6-3-4-7(12)10(11(6)16-2)8-5-9(13)15-14-8/h3-5H,1-2H3,(H3,13,14,15). The van der Waals surface area contributed by atoms with E-state index < -0.39 is 0 Å². The third-order valence-corrected chi connectivity index (χ3v) is 3.04. The topological polar surface area (TPSA) is 63.9 Å². The normalized spacial score (nSPS) is 10.4. The molecule has 0 unspecified atom stereocenters. The molecule has 1 aromatic carbocycles. The van der Waals surface area contributed by atoms with E-state index in [9.17, 15) is 0 Å². The van der Waals surface area contributed by atoms with Crippen molar-refractivity contribution < 1.29 is 4.74 Å². The number of nitrogens with zero attached hydrogens (tertiary/aromatic N) is 1. The van der Waals surface area contributed by atoms with Crippen LogP contribution in [-0.2, 0) is 0 Å². The van der Waals surface area contributed by atoms with E-state index in [4.69, 9.17) is 10.5 Å². The Labute approximate surface area is 102 Å². The van der Waals surface area contributed by atoms with Gasteiger partial charge in [0.25, 0.3) is 0 Å². The Morgan fingerprint density at radius 2 is 2.19 bits per heavy atom. The average molecular weight is 282 g/mol. The van der Waals surface area contributed by atoms with Crippen LogP contribution in [-0.4, -0.2) is 17.3 Å². The second-order valence-corrected chi connectivity index (χ2v) is 4.33. The van der Waals surface area contributed by atoms with Crippen molar-refractivity contribution in [3.05, 3.63) is 28.2 Å². The molecular formula is C11H12BrN3O. The Balaban J connectivity index is 2.67. The van der Waals surface area contributed by atoms with Crippen molar-refractivity contribution in [3.63, 3.8) is 0 Å². The zero-order chi connectivity index (χ0) is 11.7. The average Bonchev–Trinajstić information content (AvgIpc) is 2.67. The third-order valence-electron chi connectivity index (χ3n) is 2.37. The van der Waals surface area contributed by atoms with E-state index in [-0.39, 0.29) is 0 Å². The molecule has 5 heteroatoms. The molecule has 0 saturated carbocycles. The fourth-order valence-electron chi connectivity index (χ4n) is 1.64. The molecule has 3 N–H and O–H groups in total. The zero-order valence-corrected chi connectivity index (χ0v) is 10.6. The van der Waals surface area contributed by atoms with Gasteiger partial charge in [-0.15, -0.1) is 0 Å². The molecule has 1 heterocycles. The molecule has 2 rings (SSSR count). The highest BCUT2D eigenvalue weighted by Gasteiger charge is 2.14. The summed E-state index contributed by atoms with van der Waals surface area (Å²) < 4.78 is 6.35. The molecule has 0 bridgehead atoms. The quantitative estimate of drug-likeness (QED) is 0.890. The minimum atomic E-state index is 0.463. The molecule has 0 aliphatic carbocycles. The maximum absolute atomic E-state index is 5.60. The van der Waals surface area contributed by atoms with Crippen molar-refractivity contribution in [2.75, 3.05) is 12.8 Å². The predicted octanol–water partition coefficient (Wildman–Crippen LogP) is 2.74. The van der Waals surface area contributed by atoms with E-state index in [1.165, 1.54) is 0 Å². The molecule has 0 saturated heterocycles. The predicted molar refractivity (Wildman–Crippen MR) is 67.4 cm³/mol. The summed E-state index contributed by atoms with van der Waals surface area (Å²) in [5.41, 5.74) is 8.44. The summed E-state index contributed by atoms with van der Waals surface area (Å²) >= 11 is 3.50. The highest BCUT2D eigenvalue weighted by Crippen LogP contribution is 2.38. The molecule has 4 nitrogen and oxygen atoms in total. The molecule has 0 atom stereocenters. The van der Waals surface area contributed by atoms with Crippen molar-refractivity contribution in [2.24, 2.45) is 0 Å². The van der Waals surface area contributed by atoms with Crippen LogP contribution < -0.4 is 10.5 Å². The summed E-state index contributed by atoms with van der Waals surface area (Å²) in [5.74, 6) is 1.28. The molecule has 2 aromatic rings. The Morgan fingerprint density at radius 3 is 2.75 bits per heavy atom. The van der Waals surface area contributed by atoms with Crippen LogP contribution in [0.2, 0.25) is 0 Å². The van der Waals surface area contributed by atoms with Crippen LogP contribution in [0, 0.1) is 6.92 Å². The fraction of sp³-hybridized carbons (Fsp3) is 0.182. The lowest BCUT2D eigenvalue weighted by molar-refractivity contribution is 0.413. The molecular weight excluding hydrogens is 270 g/mol. The number of aromatic amines is 1. The van der Waals surface area contributed by atoms with Crippen molar-refractivity contribution in [1.29, 1.82) is 0 Å². The lowest BCUT2D eigenvalue weighted by Gasteiger charge is -2.11. The fourth-order valence-corrected chi connectivity index (χ4v) is 2.17. The highest BCUT2D eigenvalue weighted by atomic mass is 79.9. The van der Waals surface area contributed by atoms with Crippen LogP contribution in [0.4, 0.5) is 5.82 Å². The number of hydrogen-bond acceptors (Lipinski definition) is 3. The monoisotopic (exact) mass is 281 g/mol. The minimum absolute atomic E-state index is 0.463. The molecule has 0 fully saturated rings. The molecule has 16 heavy (non-hydrogen) atoms. The first-order valence-electron chi connectivity index (χ1n) is 4.78. The van der Waals surface area contributed by atoms with Gasteiger partial charge in [0.15, 0.2) is 0 Å². The summed E-state index contributed by atoms with van der Waals surface area (Å²) in [7, 11) is 1.65. The van der Waals surface area contributed by atoms with Gasteiger partial charge >= 0.3 is 0 Å². The van der Waals surface area contributed by atoms with E-state index >= 15 is 0 Å². The maximum Gasteiger partial charge on any atom is 0.145 e. The number of benzene rings is 1. The van der Waals surface area contributed by atoms with Gasteiger partial charge in [-0.1, -0.05) is 6.07 Å². The zero-order valence-electron chi connectivity index (χ0n) is 9.04. The maximum atomic E-state index is 5.60. The van der Waals surface area contributed by atoms with E-state index in [1.54, 1.807) is 13.2 Å². The first kappa shape index (κ1) is 11.0. The van der Waals surface area contributed by atoms with E-state index in [0.29, 0.717) is 5.82 Å². The van der Waals surface area contributed by atoms with Gasteiger partial charge in [0.2, 0.25) is 0 Å². The van der Waals surface area contributed by atoms with Gasteiger partial charge in [-0.2, -0.15) is 5.10 Å². The molecule has 0 amide bonds. The first-order chi connectivity index (χ1) is 7.63. The lowest BCUT2D eigenvalue weighted by atomic mass is 10.1. The van der Waals surface area contributed by atoms with Gasteiger partial charge in [-0.05, 0) is 34.5 Å². The summed E-state index contributed by atoms with van der Waals surface area (Å²) in [6.45, 7) is 1.99. The Kier molecular flexibility index (Phi) is 2.87. The van der Waals surface area contributed by atoms with Crippen molar-refractivity contribution in [3.8, 4) is 17.0 Å². The Morgan fingerprint density at radius 1 is 1.44 bits per heavy atom. The number of nitrogens with one attached hydrogen (secondary N) is 1. The van der Waals surface area contributed by atoms with Gasteiger partial charge in [-0.3, -0.25) is 5.10 Å². The second-order valence-electron chi connectivity index (χ2n) is 3.48. The van der Waals surface area contributed by atoms with Crippen molar-refractivity contribution in [2.45, 2.75) is 6.92 Å². The molecule has 0 aliphatic rings. The number of nitrogen functional groups attached to an aromatic ring is 1. The van der Waals surface area contributed by atoms with Crippen molar-refractivity contribution >= 4 is 21.7 Å². The van der Waals surface area contributed by atoms with Crippen LogP contribution in [0.25, 0.3) is 11.3 Å². The van der Waals surface area contributed by atoms with Crippen LogP contribution in [0.3, 0.4) is 0 Å². The number of hydrogen-bond donors (Lipinski definition) is 2. The van der Waals surface area contributed by atoms with Crippen LogP contribution >= 0.6 is 15.9 Å². The number of aryl methyl sites for hydroxylation is 1. The number of halogens is 1. The first-order valence-corrected chi connectivity index (χ1v) is 5.57. The summed E-state index contributed by atoms with van der Waals surface area (Å²) in [6.07, 6.45) is 0. The van der Waals surface area contributed by atoms with Crippen LogP contribution in [0.5, 0.6) is 5.75 Å². The second kappa shape index (κ2) is 4.17. The van der Waals surface area contributed by atoms with Gasteiger partial charge in [0, 0.05) is 10.5 Å². The van der Waals surface area contributed by atoms with Crippen molar-refractivity contribution in [1.82, 2.24) is 10.2 Å². The minimum Gasteiger partial charge on any atom is -0.496 e. The number of ether oxygens (including phenoxy) is 1. The van der Waals surface area contributed by atoms with Crippen LogP contribution in [0.1, 0.15) is 5.56 Å².